The molecule has 0 unspecified atom stereocenters. The van der Waals surface area contributed by atoms with Gasteiger partial charge in [-0.2, -0.15) is 0 Å². The van der Waals surface area contributed by atoms with Gasteiger partial charge < -0.3 is 15.6 Å². The normalized spacial score (nSPS) is 10.3. The number of hydrogen-bond donors (Lipinski definition) is 2. The zero-order chi connectivity index (χ0) is 14.2. The summed E-state index contributed by atoms with van der Waals surface area (Å²) in [6.07, 6.45) is 0.311. The highest BCUT2D eigenvalue weighted by atomic mass is 16.6. The topological polar surface area (TPSA) is 72.5 Å². The number of aryl methyl sites for hydroxylation is 1. The second kappa shape index (κ2) is 7.71. The Bertz CT molecular complexity index is 350. The largest absolute Gasteiger partial charge is 0.444 e. The van der Waals surface area contributed by atoms with Gasteiger partial charge in [0.15, 0.2) is 0 Å². The van der Waals surface area contributed by atoms with Crippen LogP contribution in [0.25, 0.3) is 0 Å². The lowest BCUT2D eigenvalue weighted by Gasteiger charge is -2.16. The molecule has 0 saturated heterocycles. The Hall–Kier alpha value is -1.55. The van der Waals surface area contributed by atoms with E-state index in [0.717, 1.165) is 12.0 Å². The number of carbonyl (C=O) groups is 1. The minimum atomic E-state index is -0.725. The molecule has 0 spiro atoms. The van der Waals surface area contributed by atoms with Crippen LogP contribution in [0.15, 0.2) is 24.3 Å². The fraction of sp³-hybridized carbons (Fsp3) is 0.500. The smallest absolute Gasteiger partial charge is 0.405 e. The Morgan fingerprint density at radius 2 is 1.89 bits per heavy atom. The summed E-state index contributed by atoms with van der Waals surface area (Å²) in [5.74, 6) is 0. The second-order valence-electron chi connectivity index (χ2n) is 4.87. The van der Waals surface area contributed by atoms with Crippen LogP contribution in [-0.2, 0) is 17.8 Å². The van der Waals surface area contributed by atoms with Crippen molar-refractivity contribution in [1.82, 2.24) is 0 Å². The van der Waals surface area contributed by atoms with E-state index in [1.165, 1.54) is 5.56 Å². The third kappa shape index (κ3) is 8.58. The van der Waals surface area contributed by atoms with E-state index in [0.29, 0.717) is 0 Å². The lowest BCUT2D eigenvalue weighted by molar-refractivity contribution is 0.0600. The molecule has 1 aromatic carbocycles. The average Bonchev–Trinajstić information content (AvgIpc) is 2.26. The molecule has 1 aromatic rings. The van der Waals surface area contributed by atoms with Gasteiger partial charge in [0.05, 0.1) is 6.61 Å². The molecule has 0 aliphatic rings. The first-order chi connectivity index (χ1) is 8.28. The fourth-order valence-corrected chi connectivity index (χ4v) is 1.25. The molecule has 0 atom stereocenters. The highest BCUT2D eigenvalue weighted by Crippen LogP contribution is 2.05. The van der Waals surface area contributed by atoms with Gasteiger partial charge in [0.2, 0.25) is 0 Å². The number of nitrogens with two attached hydrogens (primary N) is 1. The summed E-state index contributed by atoms with van der Waals surface area (Å²) < 4.78 is 4.58. The van der Waals surface area contributed by atoms with Gasteiger partial charge in [0.25, 0.3) is 0 Å². The summed E-state index contributed by atoms with van der Waals surface area (Å²) in [5.41, 5.74) is 6.55. The first kappa shape index (κ1) is 16.4. The lowest BCUT2D eigenvalue weighted by atomic mass is 10.1. The average molecular weight is 253 g/mol. The molecule has 0 bridgehead atoms. The molecule has 0 fully saturated rings. The van der Waals surface area contributed by atoms with E-state index >= 15 is 0 Å². The van der Waals surface area contributed by atoms with Gasteiger partial charge in [-0.15, -0.1) is 0 Å². The van der Waals surface area contributed by atoms with Gasteiger partial charge in [0.1, 0.15) is 5.60 Å². The van der Waals surface area contributed by atoms with E-state index in [1.807, 2.05) is 18.2 Å². The molecule has 1 amide bonds. The number of hydrogen-bond acceptors (Lipinski definition) is 3. The Kier molecular flexibility index (Phi) is 7.05. The first-order valence-corrected chi connectivity index (χ1v) is 5.95. The molecule has 102 valence electrons. The molecular formula is C14H23NO3. The number of primary amides is 1. The molecule has 0 saturated carbocycles. The molecule has 4 nitrogen and oxygen atoms in total. The number of benzene rings is 1. The van der Waals surface area contributed by atoms with E-state index < -0.39 is 11.7 Å². The molecule has 0 aliphatic carbocycles. The number of aliphatic hydroxyl groups excluding tert-OH is 1. The molecule has 3 N–H and O–H groups in total. The summed E-state index contributed by atoms with van der Waals surface area (Å²) >= 11 is 0. The van der Waals surface area contributed by atoms with Crippen molar-refractivity contribution in [2.75, 3.05) is 0 Å². The van der Waals surface area contributed by atoms with Crippen molar-refractivity contribution >= 4 is 6.09 Å². The summed E-state index contributed by atoms with van der Waals surface area (Å²) in [5, 5.41) is 8.76. The van der Waals surface area contributed by atoms with Crippen LogP contribution in [0.1, 0.15) is 38.8 Å². The van der Waals surface area contributed by atoms with Crippen LogP contribution in [0.2, 0.25) is 0 Å². The van der Waals surface area contributed by atoms with Crippen LogP contribution in [0.5, 0.6) is 0 Å². The number of rotatable bonds is 2. The molecule has 18 heavy (non-hydrogen) atoms. The third-order valence-electron chi connectivity index (χ3n) is 1.99. The quantitative estimate of drug-likeness (QED) is 0.851. The van der Waals surface area contributed by atoms with E-state index in [1.54, 1.807) is 20.8 Å². The maximum atomic E-state index is 10.0. The monoisotopic (exact) mass is 253 g/mol. The van der Waals surface area contributed by atoms with E-state index in [2.05, 4.69) is 17.7 Å². The number of amides is 1. The Balaban J connectivity index is 0.000000331. The third-order valence-corrected chi connectivity index (χ3v) is 1.99. The fourth-order valence-electron chi connectivity index (χ4n) is 1.25. The summed E-state index contributed by atoms with van der Waals surface area (Å²) in [7, 11) is 0. The van der Waals surface area contributed by atoms with Gasteiger partial charge in [-0.3, -0.25) is 0 Å². The zero-order valence-electron chi connectivity index (χ0n) is 11.6. The Morgan fingerprint density at radius 1 is 1.33 bits per heavy atom. The standard InChI is InChI=1S/C9H12O.C5H11NO2/c1-2-8-4-3-5-9(6-8)7-10;1-5(2,3)8-4(6)7/h3-6,10H,2,7H2,1H3;1-3H3,(H2,6,7). The van der Waals surface area contributed by atoms with Crippen molar-refractivity contribution in [3.8, 4) is 0 Å². The summed E-state index contributed by atoms with van der Waals surface area (Å²) in [4.78, 5) is 10.0. The van der Waals surface area contributed by atoms with Crippen molar-refractivity contribution in [3.05, 3.63) is 35.4 Å². The van der Waals surface area contributed by atoms with Crippen molar-refractivity contribution in [1.29, 1.82) is 0 Å². The van der Waals surface area contributed by atoms with Crippen LogP contribution >= 0.6 is 0 Å². The van der Waals surface area contributed by atoms with Crippen molar-refractivity contribution in [2.24, 2.45) is 5.73 Å². The lowest BCUT2D eigenvalue weighted by Crippen LogP contribution is -2.27. The van der Waals surface area contributed by atoms with Gasteiger partial charge in [-0.25, -0.2) is 4.79 Å². The Morgan fingerprint density at radius 3 is 2.22 bits per heavy atom. The molecular weight excluding hydrogens is 230 g/mol. The predicted octanol–water partition coefficient (Wildman–Crippen LogP) is 2.62. The van der Waals surface area contributed by atoms with E-state index in [4.69, 9.17) is 10.8 Å². The van der Waals surface area contributed by atoms with E-state index in [9.17, 15) is 4.79 Å². The Labute approximate surface area is 109 Å². The second-order valence-corrected chi connectivity index (χ2v) is 4.87. The molecule has 0 aromatic heterocycles. The molecule has 0 radical (unpaired) electrons. The van der Waals surface area contributed by atoms with Gasteiger partial charge >= 0.3 is 6.09 Å². The molecule has 4 heteroatoms. The predicted molar refractivity (Wildman–Crippen MR) is 72.2 cm³/mol. The number of aliphatic hydroxyl groups is 1. The van der Waals surface area contributed by atoms with Crippen molar-refractivity contribution < 1.29 is 14.6 Å². The molecule has 1 rings (SSSR count). The van der Waals surface area contributed by atoms with Crippen molar-refractivity contribution in [2.45, 2.75) is 46.3 Å². The zero-order valence-corrected chi connectivity index (χ0v) is 11.6. The summed E-state index contributed by atoms with van der Waals surface area (Å²) in [6.45, 7) is 7.54. The number of ether oxygens (including phenoxy) is 1. The highest BCUT2D eigenvalue weighted by Gasteiger charge is 2.12. The van der Waals surface area contributed by atoms with Crippen LogP contribution in [0, 0.1) is 0 Å². The minimum absolute atomic E-state index is 0.147. The van der Waals surface area contributed by atoms with Crippen LogP contribution in [0.3, 0.4) is 0 Å². The SMILES string of the molecule is CC(C)(C)OC(N)=O.CCc1cccc(CO)c1. The van der Waals surface area contributed by atoms with Crippen molar-refractivity contribution in [3.63, 3.8) is 0 Å². The van der Waals surface area contributed by atoms with Gasteiger partial charge in [-0.1, -0.05) is 31.2 Å². The molecule has 0 aliphatic heterocycles. The van der Waals surface area contributed by atoms with Gasteiger partial charge in [-0.05, 0) is 38.3 Å². The first-order valence-electron chi connectivity index (χ1n) is 5.95. The van der Waals surface area contributed by atoms with Crippen LogP contribution in [-0.4, -0.2) is 16.8 Å². The van der Waals surface area contributed by atoms with Crippen LogP contribution in [0.4, 0.5) is 4.79 Å². The number of carbonyl (C=O) groups excluding carboxylic acids is 1. The summed E-state index contributed by atoms with van der Waals surface area (Å²) in [6, 6.07) is 8.00. The van der Waals surface area contributed by atoms with Gasteiger partial charge in [0, 0.05) is 0 Å². The maximum absolute atomic E-state index is 10.0. The minimum Gasteiger partial charge on any atom is -0.444 e. The highest BCUT2D eigenvalue weighted by molar-refractivity contribution is 5.65. The maximum Gasteiger partial charge on any atom is 0.405 e. The molecule has 0 heterocycles. The van der Waals surface area contributed by atoms with E-state index in [-0.39, 0.29) is 6.61 Å². The van der Waals surface area contributed by atoms with Crippen LogP contribution < -0.4 is 5.73 Å².